The van der Waals surface area contributed by atoms with Gasteiger partial charge in [-0.05, 0) is 36.2 Å². The molecule has 0 aliphatic carbocycles. The number of benzene rings is 2. The minimum Gasteiger partial charge on any atom is -0.490 e. The number of hydrogen-bond donors (Lipinski definition) is 2. The quantitative estimate of drug-likeness (QED) is 0.304. The van der Waals surface area contributed by atoms with Gasteiger partial charge in [0.1, 0.15) is 0 Å². The lowest BCUT2D eigenvalue weighted by molar-refractivity contribution is 0.297. The van der Waals surface area contributed by atoms with E-state index < -0.39 is 0 Å². The van der Waals surface area contributed by atoms with Crippen LogP contribution in [0.25, 0.3) is 5.69 Å². The van der Waals surface area contributed by atoms with Crippen LogP contribution in [0.3, 0.4) is 0 Å². The molecule has 4 rings (SSSR count). The largest absolute Gasteiger partial charge is 0.490 e. The van der Waals surface area contributed by atoms with Crippen LogP contribution in [0.4, 0.5) is 5.69 Å². The molecule has 0 amide bonds. The van der Waals surface area contributed by atoms with Crippen molar-refractivity contribution in [2.75, 3.05) is 32.1 Å². The van der Waals surface area contributed by atoms with Gasteiger partial charge in [-0.1, -0.05) is 18.2 Å². The van der Waals surface area contributed by atoms with E-state index in [0.717, 1.165) is 47.8 Å². The Bertz CT molecular complexity index is 975. The van der Waals surface area contributed by atoms with Crippen molar-refractivity contribution in [3.8, 4) is 17.2 Å². The van der Waals surface area contributed by atoms with E-state index in [1.54, 1.807) is 7.05 Å². The molecule has 30 heavy (non-hydrogen) atoms. The lowest BCUT2D eigenvalue weighted by Gasteiger charge is -2.13. The van der Waals surface area contributed by atoms with Crippen LogP contribution < -0.4 is 20.1 Å². The van der Waals surface area contributed by atoms with Gasteiger partial charge in [0.15, 0.2) is 17.5 Å². The van der Waals surface area contributed by atoms with Gasteiger partial charge >= 0.3 is 0 Å². The molecule has 0 saturated carbocycles. The smallest absolute Gasteiger partial charge is 0.195 e. The van der Waals surface area contributed by atoms with Crippen LogP contribution in [-0.4, -0.2) is 42.5 Å². The Kier molecular flexibility index (Phi) is 7.95. The van der Waals surface area contributed by atoms with E-state index in [2.05, 4.69) is 26.9 Å². The number of guanidine groups is 1. The maximum Gasteiger partial charge on any atom is 0.195 e. The zero-order valence-electron chi connectivity index (χ0n) is 16.9. The molecule has 2 aromatic carbocycles. The van der Waals surface area contributed by atoms with Crippen molar-refractivity contribution < 1.29 is 9.47 Å². The lowest BCUT2D eigenvalue weighted by Crippen LogP contribution is -2.32. The summed E-state index contributed by atoms with van der Waals surface area (Å²) in [6, 6.07) is 15.9. The van der Waals surface area contributed by atoms with E-state index >= 15 is 0 Å². The molecule has 2 heterocycles. The third kappa shape index (κ3) is 5.65. The first kappa shape index (κ1) is 21.9. The van der Waals surface area contributed by atoms with Crippen LogP contribution in [0.2, 0.25) is 0 Å². The molecule has 8 heteroatoms. The van der Waals surface area contributed by atoms with Gasteiger partial charge in [-0.3, -0.25) is 4.99 Å². The zero-order valence-corrected chi connectivity index (χ0v) is 19.2. The highest BCUT2D eigenvalue weighted by atomic mass is 127. The van der Waals surface area contributed by atoms with Gasteiger partial charge in [0.25, 0.3) is 0 Å². The fourth-order valence-corrected chi connectivity index (χ4v) is 3.09. The molecule has 1 aromatic heterocycles. The standard InChI is InChI=1S/C22H25N5O2.HI/c1-23-22(26-18-8-9-20-21(14-18)29-13-5-12-28-20)24-11-10-17-15-25-27(16-17)19-6-3-2-4-7-19;/h2-4,6-9,14-16H,5,10-13H2,1H3,(H2,23,24,26);1H. The van der Waals surface area contributed by atoms with E-state index in [-0.39, 0.29) is 24.0 Å². The number of para-hydroxylation sites is 1. The van der Waals surface area contributed by atoms with Crippen LogP contribution in [0.15, 0.2) is 65.9 Å². The van der Waals surface area contributed by atoms with Crippen molar-refractivity contribution >= 4 is 35.6 Å². The summed E-state index contributed by atoms with van der Waals surface area (Å²) in [5, 5.41) is 11.1. The topological polar surface area (TPSA) is 72.7 Å². The number of nitrogens with one attached hydrogen (secondary N) is 2. The third-order valence-corrected chi connectivity index (χ3v) is 4.60. The number of nitrogens with zero attached hydrogens (tertiary/aromatic N) is 3. The lowest BCUT2D eigenvalue weighted by atomic mass is 10.2. The van der Waals surface area contributed by atoms with Crippen LogP contribution in [0.5, 0.6) is 11.5 Å². The maximum absolute atomic E-state index is 5.75. The number of rotatable bonds is 5. The molecular formula is C22H26IN5O2. The number of aliphatic imine (C=N–C) groups is 1. The van der Waals surface area contributed by atoms with Crippen molar-refractivity contribution in [3.05, 3.63) is 66.5 Å². The highest BCUT2D eigenvalue weighted by Gasteiger charge is 2.11. The first-order valence-electron chi connectivity index (χ1n) is 9.78. The summed E-state index contributed by atoms with van der Waals surface area (Å²) in [7, 11) is 1.76. The minimum atomic E-state index is 0. The average molecular weight is 519 g/mol. The van der Waals surface area contributed by atoms with Crippen LogP contribution >= 0.6 is 24.0 Å². The number of ether oxygens (including phenoxy) is 2. The Hall–Kier alpha value is -2.75. The third-order valence-electron chi connectivity index (χ3n) is 4.60. The molecule has 3 aromatic rings. The van der Waals surface area contributed by atoms with Crippen molar-refractivity contribution in [2.24, 2.45) is 4.99 Å². The number of halogens is 1. The molecule has 0 atom stereocenters. The number of aromatic nitrogens is 2. The number of hydrogen-bond acceptors (Lipinski definition) is 4. The molecule has 0 spiro atoms. The molecule has 0 bridgehead atoms. The number of anilines is 1. The Labute approximate surface area is 193 Å². The Morgan fingerprint density at radius 3 is 2.70 bits per heavy atom. The van der Waals surface area contributed by atoms with Gasteiger partial charge in [-0.25, -0.2) is 4.68 Å². The molecule has 0 fully saturated rings. The van der Waals surface area contributed by atoms with Crippen molar-refractivity contribution in [1.29, 1.82) is 0 Å². The molecule has 0 unspecified atom stereocenters. The summed E-state index contributed by atoms with van der Waals surface area (Å²) in [6.45, 7) is 2.09. The van der Waals surface area contributed by atoms with Gasteiger partial charge in [0.2, 0.25) is 0 Å². The van der Waals surface area contributed by atoms with Gasteiger partial charge in [0, 0.05) is 38.0 Å². The van der Waals surface area contributed by atoms with Crippen LogP contribution in [0.1, 0.15) is 12.0 Å². The zero-order chi connectivity index (χ0) is 19.9. The van der Waals surface area contributed by atoms with E-state index in [0.29, 0.717) is 19.2 Å². The number of fused-ring (bicyclic) bond motifs is 1. The highest BCUT2D eigenvalue weighted by molar-refractivity contribution is 14.0. The molecule has 0 radical (unpaired) electrons. The molecule has 0 saturated heterocycles. The Morgan fingerprint density at radius 2 is 1.90 bits per heavy atom. The minimum absolute atomic E-state index is 0. The fourth-order valence-electron chi connectivity index (χ4n) is 3.09. The average Bonchev–Trinajstić information content (AvgIpc) is 3.11. The maximum atomic E-state index is 5.75. The van der Waals surface area contributed by atoms with E-state index in [9.17, 15) is 0 Å². The van der Waals surface area contributed by atoms with E-state index in [1.807, 2.05) is 59.4 Å². The summed E-state index contributed by atoms with van der Waals surface area (Å²) in [4.78, 5) is 4.30. The Morgan fingerprint density at radius 1 is 1.10 bits per heavy atom. The summed E-state index contributed by atoms with van der Waals surface area (Å²) in [5.74, 6) is 2.25. The van der Waals surface area contributed by atoms with E-state index in [4.69, 9.17) is 9.47 Å². The van der Waals surface area contributed by atoms with Gasteiger partial charge in [0.05, 0.1) is 25.1 Å². The fraction of sp³-hybridized carbons (Fsp3) is 0.273. The SMILES string of the molecule is CN=C(NCCc1cnn(-c2ccccc2)c1)Nc1ccc2c(c1)OCCCO2.I. The second-order valence-corrected chi connectivity index (χ2v) is 6.71. The molecule has 2 N–H and O–H groups in total. The van der Waals surface area contributed by atoms with E-state index in [1.165, 1.54) is 0 Å². The van der Waals surface area contributed by atoms with Crippen molar-refractivity contribution in [1.82, 2.24) is 15.1 Å². The predicted molar refractivity (Wildman–Crippen MR) is 130 cm³/mol. The monoisotopic (exact) mass is 519 g/mol. The first-order valence-corrected chi connectivity index (χ1v) is 9.78. The summed E-state index contributed by atoms with van der Waals surface area (Å²) < 4.78 is 13.3. The second-order valence-electron chi connectivity index (χ2n) is 6.71. The summed E-state index contributed by atoms with van der Waals surface area (Å²) in [6.07, 6.45) is 5.68. The highest BCUT2D eigenvalue weighted by Crippen LogP contribution is 2.32. The first-order chi connectivity index (χ1) is 14.3. The molecule has 1 aliphatic heterocycles. The molecule has 158 valence electrons. The van der Waals surface area contributed by atoms with Crippen molar-refractivity contribution in [3.63, 3.8) is 0 Å². The van der Waals surface area contributed by atoms with Gasteiger partial charge in [-0.15, -0.1) is 24.0 Å². The van der Waals surface area contributed by atoms with Gasteiger partial charge < -0.3 is 20.1 Å². The normalized spacial score (nSPS) is 13.2. The predicted octanol–water partition coefficient (Wildman–Crippen LogP) is 3.88. The summed E-state index contributed by atoms with van der Waals surface area (Å²) >= 11 is 0. The molecular weight excluding hydrogens is 493 g/mol. The molecule has 1 aliphatic rings. The Balaban J connectivity index is 0.00000256. The second kappa shape index (κ2) is 10.9. The van der Waals surface area contributed by atoms with Gasteiger partial charge in [-0.2, -0.15) is 5.10 Å². The molecule has 7 nitrogen and oxygen atoms in total. The van der Waals surface area contributed by atoms with Crippen LogP contribution in [0, 0.1) is 0 Å². The van der Waals surface area contributed by atoms with Crippen LogP contribution in [-0.2, 0) is 6.42 Å². The van der Waals surface area contributed by atoms with Crippen molar-refractivity contribution in [2.45, 2.75) is 12.8 Å². The summed E-state index contributed by atoms with van der Waals surface area (Å²) in [5.41, 5.74) is 3.12.